The first-order chi connectivity index (χ1) is 10.2. The smallest absolute Gasteiger partial charge is 0.227 e. The van der Waals surface area contributed by atoms with Crippen LogP contribution in [0.25, 0.3) is 11.4 Å². The molecular weight excluding hydrogens is 262 g/mol. The van der Waals surface area contributed by atoms with E-state index < -0.39 is 0 Å². The Hall–Kier alpha value is -2.62. The molecular formula is C17H17N3O. The van der Waals surface area contributed by atoms with Gasteiger partial charge in [0.1, 0.15) is 0 Å². The quantitative estimate of drug-likeness (QED) is 0.743. The molecule has 0 aliphatic heterocycles. The first kappa shape index (κ1) is 13.4. The van der Waals surface area contributed by atoms with Gasteiger partial charge in [-0.1, -0.05) is 47.1 Å². The molecule has 1 heterocycles. The molecule has 0 atom stereocenters. The largest absolute Gasteiger partial charge is 0.399 e. The zero-order valence-electron chi connectivity index (χ0n) is 11.9. The molecule has 21 heavy (non-hydrogen) atoms. The molecule has 4 nitrogen and oxygen atoms in total. The highest BCUT2D eigenvalue weighted by atomic mass is 16.5. The van der Waals surface area contributed by atoms with Crippen molar-refractivity contribution < 1.29 is 4.52 Å². The molecule has 3 rings (SSSR count). The minimum Gasteiger partial charge on any atom is -0.399 e. The number of aromatic nitrogens is 2. The number of anilines is 1. The summed E-state index contributed by atoms with van der Waals surface area (Å²) in [4.78, 5) is 4.44. The van der Waals surface area contributed by atoms with E-state index in [1.54, 1.807) is 0 Å². The van der Waals surface area contributed by atoms with E-state index in [0.717, 1.165) is 24.1 Å². The molecule has 0 saturated carbocycles. The molecule has 0 aliphatic rings. The second kappa shape index (κ2) is 5.79. The Bertz CT molecular complexity index is 715. The van der Waals surface area contributed by atoms with Gasteiger partial charge in [0.15, 0.2) is 0 Å². The van der Waals surface area contributed by atoms with E-state index in [1.165, 1.54) is 11.1 Å². The lowest BCUT2D eigenvalue weighted by Gasteiger charge is -1.98. The lowest BCUT2D eigenvalue weighted by Crippen LogP contribution is -1.92. The molecule has 106 valence electrons. The number of rotatable bonds is 4. The van der Waals surface area contributed by atoms with Crippen LogP contribution >= 0.6 is 0 Å². The Balaban J connectivity index is 1.67. The average Bonchev–Trinajstić information content (AvgIpc) is 2.96. The number of nitrogen functional groups attached to an aromatic ring is 1. The summed E-state index contributed by atoms with van der Waals surface area (Å²) in [7, 11) is 0. The third-order valence-corrected chi connectivity index (χ3v) is 3.39. The molecule has 0 spiro atoms. The Morgan fingerprint density at radius 2 is 1.67 bits per heavy atom. The predicted octanol–water partition coefficient (Wildman–Crippen LogP) is 3.41. The van der Waals surface area contributed by atoms with E-state index in [4.69, 9.17) is 10.3 Å². The fourth-order valence-electron chi connectivity index (χ4n) is 2.11. The number of hydrogen-bond acceptors (Lipinski definition) is 4. The van der Waals surface area contributed by atoms with Gasteiger partial charge in [0.05, 0.1) is 0 Å². The summed E-state index contributed by atoms with van der Waals surface area (Å²) >= 11 is 0. The number of aryl methyl sites for hydroxylation is 3. The molecule has 3 aromatic rings. The second-order valence-corrected chi connectivity index (χ2v) is 5.12. The van der Waals surface area contributed by atoms with Crippen LogP contribution in [0.2, 0.25) is 0 Å². The van der Waals surface area contributed by atoms with Crippen LogP contribution in [0.1, 0.15) is 17.0 Å². The van der Waals surface area contributed by atoms with Crippen molar-refractivity contribution in [2.24, 2.45) is 0 Å². The summed E-state index contributed by atoms with van der Waals surface area (Å²) in [5.41, 5.74) is 9.84. The summed E-state index contributed by atoms with van der Waals surface area (Å²) < 4.78 is 5.31. The zero-order chi connectivity index (χ0) is 14.7. The van der Waals surface area contributed by atoms with Crippen molar-refractivity contribution in [2.45, 2.75) is 19.8 Å². The molecule has 2 N–H and O–H groups in total. The topological polar surface area (TPSA) is 64.9 Å². The molecule has 0 fully saturated rings. The first-order valence-electron chi connectivity index (χ1n) is 6.95. The van der Waals surface area contributed by atoms with Gasteiger partial charge in [-0.25, -0.2) is 0 Å². The second-order valence-electron chi connectivity index (χ2n) is 5.12. The van der Waals surface area contributed by atoms with E-state index in [-0.39, 0.29) is 0 Å². The third kappa shape index (κ3) is 3.28. The van der Waals surface area contributed by atoms with Crippen molar-refractivity contribution in [3.63, 3.8) is 0 Å². The number of benzene rings is 2. The Morgan fingerprint density at radius 3 is 2.38 bits per heavy atom. The Morgan fingerprint density at radius 1 is 0.952 bits per heavy atom. The first-order valence-corrected chi connectivity index (χ1v) is 6.95. The van der Waals surface area contributed by atoms with E-state index in [9.17, 15) is 0 Å². The minimum absolute atomic E-state index is 0.641. The maximum atomic E-state index is 5.67. The van der Waals surface area contributed by atoms with Crippen LogP contribution < -0.4 is 5.73 Å². The van der Waals surface area contributed by atoms with Crippen LogP contribution in [0, 0.1) is 6.92 Å². The molecule has 2 aromatic carbocycles. The maximum Gasteiger partial charge on any atom is 0.227 e. The fourth-order valence-corrected chi connectivity index (χ4v) is 2.11. The molecule has 0 bridgehead atoms. The monoisotopic (exact) mass is 279 g/mol. The van der Waals surface area contributed by atoms with Gasteiger partial charge >= 0.3 is 0 Å². The maximum absolute atomic E-state index is 5.67. The number of hydrogen-bond donors (Lipinski definition) is 1. The van der Waals surface area contributed by atoms with E-state index in [2.05, 4.69) is 17.1 Å². The summed E-state index contributed by atoms with van der Waals surface area (Å²) in [5, 5.41) is 4.04. The third-order valence-electron chi connectivity index (χ3n) is 3.39. The average molecular weight is 279 g/mol. The molecule has 0 unspecified atom stereocenters. The van der Waals surface area contributed by atoms with Crippen molar-refractivity contribution in [3.05, 3.63) is 65.5 Å². The van der Waals surface area contributed by atoms with E-state index >= 15 is 0 Å². The molecule has 0 saturated heterocycles. The predicted molar refractivity (Wildman–Crippen MR) is 82.7 cm³/mol. The normalized spacial score (nSPS) is 10.7. The Kier molecular flexibility index (Phi) is 3.69. The van der Waals surface area contributed by atoms with Crippen LogP contribution in [0.3, 0.4) is 0 Å². The molecule has 0 radical (unpaired) electrons. The lowest BCUT2D eigenvalue weighted by molar-refractivity contribution is 0.379. The summed E-state index contributed by atoms with van der Waals surface area (Å²) in [5.74, 6) is 1.30. The SMILES string of the molecule is Cc1ccc(-c2noc(CCc3ccc(N)cc3)n2)cc1. The van der Waals surface area contributed by atoms with Crippen LogP contribution in [-0.2, 0) is 12.8 Å². The lowest BCUT2D eigenvalue weighted by atomic mass is 10.1. The van der Waals surface area contributed by atoms with Crippen LogP contribution in [-0.4, -0.2) is 10.1 Å². The van der Waals surface area contributed by atoms with Gasteiger partial charge in [-0.2, -0.15) is 4.98 Å². The molecule has 1 aromatic heterocycles. The van der Waals surface area contributed by atoms with Crippen LogP contribution in [0.15, 0.2) is 53.1 Å². The van der Waals surface area contributed by atoms with Crippen molar-refractivity contribution in [2.75, 3.05) is 5.73 Å². The summed E-state index contributed by atoms with van der Waals surface area (Å²) in [6.45, 7) is 2.05. The molecule has 0 amide bonds. The van der Waals surface area contributed by atoms with Crippen LogP contribution in [0.5, 0.6) is 0 Å². The van der Waals surface area contributed by atoms with Gasteiger partial charge in [-0.15, -0.1) is 0 Å². The summed E-state index contributed by atoms with van der Waals surface area (Å²) in [6.07, 6.45) is 1.58. The van der Waals surface area contributed by atoms with Gasteiger partial charge < -0.3 is 10.3 Å². The number of nitrogens with zero attached hydrogens (tertiary/aromatic N) is 2. The molecule has 0 aliphatic carbocycles. The van der Waals surface area contributed by atoms with Gasteiger partial charge in [-0.05, 0) is 31.0 Å². The van der Waals surface area contributed by atoms with Crippen molar-refractivity contribution in [1.29, 1.82) is 0 Å². The van der Waals surface area contributed by atoms with E-state index in [1.807, 2.05) is 48.5 Å². The van der Waals surface area contributed by atoms with Crippen molar-refractivity contribution in [1.82, 2.24) is 10.1 Å². The van der Waals surface area contributed by atoms with Gasteiger partial charge in [-0.3, -0.25) is 0 Å². The van der Waals surface area contributed by atoms with Crippen LogP contribution in [0.4, 0.5) is 5.69 Å². The van der Waals surface area contributed by atoms with Crippen molar-refractivity contribution >= 4 is 5.69 Å². The summed E-state index contributed by atoms with van der Waals surface area (Å²) in [6, 6.07) is 15.9. The van der Waals surface area contributed by atoms with Gasteiger partial charge in [0.2, 0.25) is 11.7 Å². The fraction of sp³-hybridized carbons (Fsp3) is 0.176. The highest BCUT2D eigenvalue weighted by Crippen LogP contribution is 2.17. The minimum atomic E-state index is 0.641. The highest BCUT2D eigenvalue weighted by Gasteiger charge is 2.08. The highest BCUT2D eigenvalue weighted by molar-refractivity contribution is 5.54. The Labute approximate surface area is 123 Å². The van der Waals surface area contributed by atoms with E-state index in [0.29, 0.717) is 11.7 Å². The van der Waals surface area contributed by atoms with Gasteiger partial charge in [0.25, 0.3) is 0 Å². The van der Waals surface area contributed by atoms with Crippen molar-refractivity contribution in [3.8, 4) is 11.4 Å². The molecule has 4 heteroatoms. The zero-order valence-corrected chi connectivity index (χ0v) is 11.9. The standard InChI is InChI=1S/C17H17N3O/c1-12-2-7-14(8-3-12)17-19-16(21-20-17)11-6-13-4-9-15(18)10-5-13/h2-5,7-10H,6,11,18H2,1H3. The van der Waals surface area contributed by atoms with Gasteiger partial charge in [0, 0.05) is 17.7 Å². The number of nitrogens with two attached hydrogens (primary N) is 1.